The molecule has 2 aromatic rings. The lowest BCUT2D eigenvalue weighted by atomic mass is 10.0. The number of benzene rings is 1. The first-order valence-corrected chi connectivity index (χ1v) is 8.85. The third kappa shape index (κ3) is 4.66. The minimum absolute atomic E-state index is 0.349. The largest absolute Gasteiger partial charge is 0.310 e. The summed E-state index contributed by atoms with van der Waals surface area (Å²) >= 11 is 7.20. The van der Waals surface area contributed by atoms with E-state index in [0.717, 1.165) is 34.8 Å². The van der Waals surface area contributed by atoms with Crippen molar-refractivity contribution < 1.29 is 0 Å². The molecule has 0 aliphatic carbocycles. The second kappa shape index (κ2) is 8.11. The molecule has 114 valence electrons. The number of hydrogen-bond acceptors (Lipinski definition) is 2. The first-order chi connectivity index (χ1) is 10.1. The van der Waals surface area contributed by atoms with E-state index in [1.165, 1.54) is 11.3 Å². The normalized spacial score (nSPS) is 12.6. The molecule has 0 fully saturated rings. The Morgan fingerprint density at radius 3 is 2.71 bits per heavy atom. The van der Waals surface area contributed by atoms with Crippen LogP contribution in [0.3, 0.4) is 0 Å². The van der Waals surface area contributed by atoms with E-state index < -0.39 is 0 Å². The Balaban J connectivity index is 2.12. The lowest BCUT2D eigenvalue weighted by Gasteiger charge is -2.20. The van der Waals surface area contributed by atoms with Crippen LogP contribution in [0.2, 0.25) is 0 Å². The van der Waals surface area contributed by atoms with Gasteiger partial charge in [-0.2, -0.15) is 5.10 Å². The van der Waals surface area contributed by atoms with Crippen molar-refractivity contribution in [1.29, 1.82) is 0 Å². The van der Waals surface area contributed by atoms with Gasteiger partial charge in [0.2, 0.25) is 0 Å². The van der Waals surface area contributed by atoms with Gasteiger partial charge in [-0.25, -0.2) is 0 Å². The van der Waals surface area contributed by atoms with Crippen LogP contribution in [0.5, 0.6) is 0 Å². The second-order valence-electron chi connectivity index (χ2n) is 5.16. The van der Waals surface area contributed by atoms with Crippen LogP contribution >= 0.6 is 31.9 Å². The Labute approximate surface area is 143 Å². The summed E-state index contributed by atoms with van der Waals surface area (Å²) in [6.45, 7) is 3.22. The van der Waals surface area contributed by atoms with E-state index in [2.05, 4.69) is 73.5 Å². The van der Waals surface area contributed by atoms with Gasteiger partial charge in [-0.15, -0.1) is 0 Å². The fourth-order valence-corrected chi connectivity index (χ4v) is 3.73. The molecule has 0 aliphatic heterocycles. The van der Waals surface area contributed by atoms with E-state index in [4.69, 9.17) is 0 Å². The molecule has 0 radical (unpaired) electrons. The molecule has 1 heterocycles. The highest BCUT2D eigenvalue weighted by Gasteiger charge is 2.15. The molecule has 0 amide bonds. The molecule has 2 rings (SSSR count). The highest BCUT2D eigenvalue weighted by atomic mass is 79.9. The highest BCUT2D eigenvalue weighted by Crippen LogP contribution is 2.29. The average molecular weight is 415 g/mol. The van der Waals surface area contributed by atoms with Crippen molar-refractivity contribution in [2.24, 2.45) is 7.05 Å². The molecule has 0 spiro atoms. The average Bonchev–Trinajstić information content (AvgIpc) is 2.85. The van der Waals surface area contributed by atoms with E-state index in [1.807, 2.05) is 17.9 Å². The van der Waals surface area contributed by atoms with E-state index in [9.17, 15) is 0 Å². The zero-order valence-corrected chi connectivity index (χ0v) is 15.6. The van der Waals surface area contributed by atoms with Crippen LogP contribution in [0.25, 0.3) is 0 Å². The number of aryl methyl sites for hydroxylation is 2. The number of rotatable bonds is 7. The van der Waals surface area contributed by atoms with E-state index in [-0.39, 0.29) is 0 Å². The number of halogens is 2. The van der Waals surface area contributed by atoms with Crippen LogP contribution in [0, 0.1) is 0 Å². The van der Waals surface area contributed by atoms with Crippen molar-refractivity contribution in [2.45, 2.75) is 32.2 Å². The predicted molar refractivity (Wildman–Crippen MR) is 94.4 cm³/mol. The lowest BCUT2D eigenvalue weighted by molar-refractivity contribution is 0.490. The maximum absolute atomic E-state index is 4.24. The number of nitrogens with one attached hydrogen (secondary N) is 1. The molecule has 5 heteroatoms. The van der Waals surface area contributed by atoms with Gasteiger partial charge in [0.05, 0.1) is 0 Å². The van der Waals surface area contributed by atoms with E-state index in [1.54, 1.807) is 0 Å². The van der Waals surface area contributed by atoms with Crippen LogP contribution < -0.4 is 5.32 Å². The van der Waals surface area contributed by atoms with Gasteiger partial charge in [-0.05, 0) is 49.6 Å². The number of hydrogen-bond donors (Lipinski definition) is 1. The summed E-state index contributed by atoms with van der Waals surface area (Å²) in [4.78, 5) is 0. The fourth-order valence-electron chi connectivity index (χ4n) is 2.41. The van der Waals surface area contributed by atoms with Crippen molar-refractivity contribution in [1.82, 2.24) is 15.1 Å². The Kier molecular flexibility index (Phi) is 6.45. The zero-order chi connectivity index (χ0) is 15.2. The van der Waals surface area contributed by atoms with Crippen molar-refractivity contribution >= 4 is 31.9 Å². The predicted octanol–water partition coefficient (Wildman–Crippen LogP) is 4.62. The summed E-state index contributed by atoms with van der Waals surface area (Å²) in [5.41, 5.74) is 2.58. The van der Waals surface area contributed by atoms with Crippen LogP contribution in [-0.2, 0) is 13.5 Å². The van der Waals surface area contributed by atoms with Crippen LogP contribution in [-0.4, -0.2) is 16.3 Å². The SMILES string of the molecule is CCCNC(CCc1ccnn1C)c1ccc(Br)cc1Br. The highest BCUT2D eigenvalue weighted by molar-refractivity contribution is 9.11. The van der Waals surface area contributed by atoms with Crippen LogP contribution in [0.15, 0.2) is 39.4 Å². The first-order valence-electron chi connectivity index (χ1n) is 7.27. The molecule has 3 nitrogen and oxygen atoms in total. The topological polar surface area (TPSA) is 29.9 Å². The van der Waals surface area contributed by atoms with Gasteiger partial charge in [0.1, 0.15) is 0 Å². The molecular weight excluding hydrogens is 394 g/mol. The number of aromatic nitrogens is 2. The third-order valence-corrected chi connectivity index (χ3v) is 4.77. The second-order valence-corrected chi connectivity index (χ2v) is 6.93. The summed E-state index contributed by atoms with van der Waals surface area (Å²) < 4.78 is 4.20. The van der Waals surface area contributed by atoms with Crippen LogP contribution in [0.4, 0.5) is 0 Å². The molecule has 1 atom stereocenters. The lowest BCUT2D eigenvalue weighted by Crippen LogP contribution is -2.23. The minimum atomic E-state index is 0.349. The first kappa shape index (κ1) is 16.7. The molecule has 0 aliphatic rings. The van der Waals surface area contributed by atoms with Gasteiger partial charge in [0.15, 0.2) is 0 Å². The molecule has 1 aromatic heterocycles. The molecule has 0 saturated carbocycles. The van der Waals surface area contributed by atoms with Gasteiger partial charge >= 0.3 is 0 Å². The van der Waals surface area contributed by atoms with Gasteiger partial charge in [-0.1, -0.05) is 44.8 Å². The third-order valence-electron chi connectivity index (χ3n) is 3.59. The minimum Gasteiger partial charge on any atom is -0.310 e. The van der Waals surface area contributed by atoms with Gasteiger partial charge in [-0.3, -0.25) is 4.68 Å². The van der Waals surface area contributed by atoms with Crippen molar-refractivity contribution in [3.8, 4) is 0 Å². The van der Waals surface area contributed by atoms with Crippen molar-refractivity contribution in [3.05, 3.63) is 50.7 Å². The molecule has 0 saturated heterocycles. The molecular formula is C16H21Br2N3. The molecule has 0 bridgehead atoms. The van der Waals surface area contributed by atoms with Crippen molar-refractivity contribution in [3.63, 3.8) is 0 Å². The Morgan fingerprint density at radius 2 is 2.10 bits per heavy atom. The standard InChI is InChI=1S/C16H21Br2N3/c1-3-9-19-16(7-5-13-8-10-20-21(13)2)14-6-4-12(17)11-15(14)18/h4,6,8,10-11,16,19H,3,5,7,9H2,1-2H3. The summed E-state index contributed by atoms with van der Waals surface area (Å²) in [6.07, 6.45) is 5.07. The molecule has 21 heavy (non-hydrogen) atoms. The maximum atomic E-state index is 4.24. The van der Waals surface area contributed by atoms with E-state index in [0.29, 0.717) is 6.04 Å². The maximum Gasteiger partial charge on any atom is 0.0492 e. The smallest absolute Gasteiger partial charge is 0.0492 e. The zero-order valence-electron chi connectivity index (χ0n) is 12.4. The summed E-state index contributed by atoms with van der Waals surface area (Å²) in [7, 11) is 2.00. The summed E-state index contributed by atoms with van der Waals surface area (Å²) in [6, 6.07) is 8.84. The van der Waals surface area contributed by atoms with Gasteiger partial charge < -0.3 is 5.32 Å². The monoisotopic (exact) mass is 413 g/mol. The quantitative estimate of drug-likeness (QED) is 0.716. The summed E-state index contributed by atoms with van der Waals surface area (Å²) in [5, 5.41) is 7.89. The Morgan fingerprint density at radius 1 is 1.29 bits per heavy atom. The van der Waals surface area contributed by atoms with Crippen molar-refractivity contribution in [2.75, 3.05) is 6.54 Å². The molecule has 1 N–H and O–H groups in total. The van der Waals surface area contributed by atoms with E-state index >= 15 is 0 Å². The van der Waals surface area contributed by atoms with Gasteiger partial charge in [0, 0.05) is 33.9 Å². The van der Waals surface area contributed by atoms with Crippen LogP contribution in [0.1, 0.15) is 37.1 Å². The Bertz CT molecular complexity index is 581. The number of nitrogens with zero attached hydrogens (tertiary/aromatic N) is 2. The van der Waals surface area contributed by atoms with Gasteiger partial charge in [0.25, 0.3) is 0 Å². The molecule has 1 unspecified atom stereocenters. The molecule has 1 aromatic carbocycles. The summed E-state index contributed by atoms with van der Waals surface area (Å²) in [5.74, 6) is 0. The Hall–Kier alpha value is -0.650. The fraction of sp³-hybridized carbons (Fsp3) is 0.438.